The standard InChI is InChI=1S/C19H16N2O3S2/c1-12-6-8-13(9-7-12)10-16-18(24)21(19(25)26-16)11-17(23)20-14-4-2-3-5-15(14)22/h2-10,22H,11H2,1H3,(H,20,23)/b16-10-. The number of carbonyl (C=O) groups excluding carboxylic acids is 2. The molecule has 5 nitrogen and oxygen atoms in total. The maximum atomic E-state index is 12.6. The highest BCUT2D eigenvalue weighted by molar-refractivity contribution is 8.26. The lowest BCUT2D eigenvalue weighted by Gasteiger charge is -2.14. The van der Waals surface area contributed by atoms with Gasteiger partial charge in [-0.25, -0.2) is 0 Å². The van der Waals surface area contributed by atoms with Crippen LogP contribution in [0.5, 0.6) is 5.75 Å². The molecular formula is C19H16N2O3S2. The van der Waals surface area contributed by atoms with Crippen molar-refractivity contribution in [1.82, 2.24) is 4.90 Å². The number of aromatic hydroxyl groups is 1. The van der Waals surface area contributed by atoms with Gasteiger partial charge in [0.2, 0.25) is 5.91 Å². The predicted molar refractivity (Wildman–Crippen MR) is 108 cm³/mol. The number of aryl methyl sites for hydroxylation is 1. The number of benzene rings is 2. The van der Waals surface area contributed by atoms with Crippen molar-refractivity contribution in [2.75, 3.05) is 11.9 Å². The summed E-state index contributed by atoms with van der Waals surface area (Å²) in [6.07, 6.45) is 1.76. The number of thiocarbonyl (C=S) groups is 1. The van der Waals surface area contributed by atoms with Gasteiger partial charge in [-0.15, -0.1) is 0 Å². The molecule has 0 spiro atoms. The summed E-state index contributed by atoms with van der Waals surface area (Å²) in [5.41, 5.74) is 2.32. The number of rotatable bonds is 4. The van der Waals surface area contributed by atoms with E-state index in [0.717, 1.165) is 11.1 Å². The molecule has 1 fully saturated rings. The first-order chi connectivity index (χ1) is 12.4. The van der Waals surface area contributed by atoms with E-state index in [1.807, 2.05) is 31.2 Å². The molecule has 2 aromatic carbocycles. The Kier molecular flexibility index (Phi) is 5.39. The lowest BCUT2D eigenvalue weighted by atomic mass is 10.1. The lowest BCUT2D eigenvalue weighted by molar-refractivity contribution is -0.126. The number of nitrogens with zero attached hydrogens (tertiary/aromatic N) is 1. The summed E-state index contributed by atoms with van der Waals surface area (Å²) in [5, 5.41) is 12.3. The third kappa shape index (κ3) is 4.12. The maximum Gasteiger partial charge on any atom is 0.266 e. The quantitative estimate of drug-likeness (QED) is 0.479. The Bertz CT molecular complexity index is 907. The molecule has 0 radical (unpaired) electrons. The number of phenols is 1. The molecule has 1 aliphatic heterocycles. The van der Waals surface area contributed by atoms with Gasteiger partial charge in [-0.05, 0) is 30.7 Å². The van der Waals surface area contributed by atoms with E-state index < -0.39 is 5.91 Å². The van der Waals surface area contributed by atoms with Crippen molar-refractivity contribution in [3.8, 4) is 5.75 Å². The maximum absolute atomic E-state index is 12.6. The van der Waals surface area contributed by atoms with E-state index in [-0.39, 0.29) is 23.9 Å². The fourth-order valence-electron chi connectivity index (χ4n) is 2.36. The largest absolute Gasteiger partial charge is 0.506 e. The molecule has 132 valence electrons. The highest BCUT2D eigenvalue weighted by Gasteiger charge is 2.33. The van der Waals surface area contributed by atoms with Crippen molar-refractivity contribution in [2.45, 2.75) is 6.92 Å². The number of amides is 2. The summed E-state index contributed by atoms with van der Waals surface area (Å²) in [6, 6.07) is 14.2. The number of hydrogen-bond donors (Lipinski definition) is 2. The van der Waals surface area contributed by atoms with Crippen molar-refractivity contribution in [2.24, 2.45) is 0 Å². The van der Waals surface area contributed by atoms with Crippen LogP contribution in [0.3, 0.4) is 0 Å². The first-order valence-electron chi connectivity index (χ1n) is 7.84. The second-order valence-corrected chi connectivity index (χ2v) is 7.42. The summed E-state index contributed by atoms with van der Waals surface area (Å²) in [4.78, 5) is 26.5. The van der Waals surface area contributed by atoms with Gasteiger partial charge < -0.3 is 10.4 Å². The van der Waals surface area contributed by atoms with E-state index >= 15 is 0 Å². The van der Waals surface area contributed by atoms with Crippen LogP contribution in [-0.2, 0) is 9.59 Å². The van der Waals surface area contributed by atoms with Crippen LogP contribution >= 0.6 is 24.0 Å². The topological polar surface area (TPSA) is 69.6 Å². The zero-order chi connectivity index (χ0) is 18.7. The van der Waals surface area contributed by atoms with Gasteiger partial charge in [0.25, 0.3) is 5.91 Å². The minimum absolute atomic E-state index is 0.0366. The van der Waals surface area contributed by atoms with Crippen molar-refractivity contribution in [1.29, 1.82) is 0 Å². The molecule has 7 heteroatoms. The summed E-state index contributed by atoms with van der Waals surface area (Å²) >= 11 is 6.41. The smallest absolute Gasteiger partial charge is 0.266 e. The summed E-state index contributed by atoms with van der Waals surface area (Å²) in [7, 11) is 0. The lowest BCUT2D eigenvalue weighted by Crippen LogP contribution is -2.36. The Morgan fingerprint density at radius 1 is 1.23 bits per heavy atom. The monoisotopic (exact) mass is 384 g/mol. The minimum Gasteiger partial charge on any atom is -0.506 e. The summed E-state index contributed by atoms with van der Waals surface area (Å²) in [5.74, 6) is -0.766. The number of carbonyl (C=O) groups is 2. The average molecular weight is 384 g/mol. The molecule has 2 aromatic rings. The molecule has 0 saturated carbocycles. The first-order valence-corrected chi connectivity index (χ1v) is 9.06. The third-order valence-electron chi connectivity index (χ3n) is 3.73. The normalized spacial score (nSPS) is 15.6. The van der Waals surface area contributed by atoms with Crippen LogP contribution in [0.4, 0.5) is 5.69 Å². The Labute approximate surface area is 160 Å². The van der Waals surface area contributed by atoms with E-state index in [0.29, 0.717) is 9.23 Å². The summed E-state index contributed by atoms with van der Waals surface area (Å²) in [6.45, 7) is 1.79. The van der Waals surface area contributed by atoms with Crippen molar-refractivity contribution < 1.29 is 14.7 Å². The Balaban J connectivity index is 1.70. The van der Waals surface area contributed by atoms with Gasteiger partial charge in [-0.2, -0.15) is 0 Å². The van der Waals surface area contributed by atoms with Crippen LogP contribution in [0.25, 0.3) is 6.08 Å². The molecule has 26 heavy (non-hydrogen) atoms. The van der Waals surface area contributed by atoms with E-state index in [1.54, 1.807) is 24.3 Å². The number of para-hydroxylation sites is 2. The van der Waals surface area contributed by atoms with E-state index in [9.17, 15) is 14.7 Å². The fraction of sp³-hybridized carbons (Fsp3) is 0.105. The second kappa shape index (κ2) is 7.72. The van der Waals surface area contributed by atoms with Crippen LogP contribution in [0, 0.1) is 6.92 Å². The Morgan fingerprint density at radius 2 is 1.92 bits per heavy atom. The molecule has 1 saturated heterocycles. The van der Waals surface area contributed by atoms with Crippen molar-refractivity contribution in [3.63, 3.8) is 0 Å². The summed E-state index contributed by atoms with van der Waals surface area (Å²) < 4.78 is 0.334. The Hall–Kier alpha value is -2.64. The molecule has 1 aliphatic rings. The second-order valence-electron chi connectivity index (χ2n) is 5.74. The molecule has 0 aromatic heterocycles. The third-order valence-corrected chi connectivity index (χ3v) is 5.11. The fourth-order valence-corrected chi connectivity index (χ4v) is 3.62. The van der Waals surface area contributed by atoms with Gasteiger partial charge >= 0.3 is 0 Å². The molecule has 2 N–H and O–H groups in total. The SMILES string of the molecule is Cc1ccc(/C=C2\SC(=S)N(CC(=O)Nc3ccccc3O)C2=O)cc1. The van der Waals surface area contributed by atoms with Gasteiger partial charge in [0, 0.05) is 0 Å². The first kappa shape index (κ1) is 18.2. The molecule has 0 atom stereocenters. The molecule has 0 aliphatic carbocycles. The van der Waals surface area contributed by atoms with Crippen LogP contribution in [-0.4, -0.2) is 32.7 Å². The van der Waals surface area contributed by atoms with Crippen molar-refractivity contribution in [3.05, 3.63) is 64.6 Å². The number of nitrogens with one attached hydrogen (secondary N) is 1. The Morgan fingerprint density at radius 3 is 2.62 bits per heavy atom. The van der Waals surface area contributed by atoms with Crippen LogP contribution in [0.1, 0.15) is 11.1 Å². The number of thioether (sulfide) groups is 1. The van der Waals surface area contributed by atoms with Crippen LogP contribution < -0.4 is 5.32 Å². The van der Waals surface area contributed by atoms with E-state index in [1.165, 1.54) is 22.7 Å². The van der Waals surface area contributed by atoms with Gasteiger partial charge in [0.15, 0.2) is 0 Å². The van der Waals surface area contributed by atoms with Crippen LogP contribution in [0.2, 0.25) is 0 Å². The molecule has 1 heterocycles. The molecule has 0 bridgehead atoms. The zero-order valence-corrected chi connectivity index (χ0v) is 15.6. The van der Waals surface area contributed by atoms with Gasteiger partial charge in [-0.1, -0.05) is 65.9 Å². The predicted octanol–water partition coefficient (Wildman–Crippen LogP) is 3.54. The highest BCUT2D eigenvalue weighted by atomic mass is 32.2. The number of anilines is 1. The number of hydrogen-bond acceptors (Lipinski definition) is 5. The van der Waals surface area contributed by atoms with Crippen molar-refractivity contribution >= 4 is 51.9 Å². The van der Waals surface area contributed by atoms with E-state index in [4.69, 9.17) is 12.2 Å². The number of phenolic OH excluding ortho intramolecular Hbond substituents is 1. The molecular weight excluding hydrogens is 368 g/mol. The van der Waals surface area contributed by atoms with Gasteiger partial charge in [0.1, 0.15) is 16.6 Å². The molecule has 3 rings (SSSR count). The van der Waals surface area contributed by atoms with Gasteiger partial charge in [0.05, 0.1) is 10.6 Å². The minimum atomic E-state index is -0.431. The molecule has 0 unspecified atom stereocenters. The van der Waals surface area contributed by atoms with Gasteiger partial charge in [-0.3, -0.25) is 14.5 Å². The zero-order valence-electron chi connectivity index (χ0n) is 13.9. The average Bonchev–Trinajstić information content (AvgIpc) is 2.86. The highest BCUT2D eigenvalue weighted by Crippen LogP contribution is 2.32. The van der Waals surface area contributed by atoms with Crippen LogP contribution in [0.15, 0.2) is 53.4 Å². The molecule has 2 amide bonds. The van der Waals surface area contributed by atoms with E-state index in [2.05, 4.69) is 5.32 Å².